The Balaban J connectivity index is 1.15. The monoisotopic (exact) mass is 702 g/mol. The van der Waals surface area contributed by atoms with Crippen LogP contribution in [0.1, 0.15) is 164 Å². The van der Waals surface area contributed by atoms with Gasteiger partial charge in [-0.25, -0.2) is 0 Å². The minimum atomic E-state index is 0.154. The summed E-state index contributed by atoms with van der Waals surface area (Å²) in [7, 11) is 0. The standard InChI is InChI=1S/C52H50N2/c1-51(2,3)33-15-26-4-6-37-45-38(7-5-27(16-33)41(26)45)47-49-40(19-32(23-53)42-30-17-34-20-35-18-31(44(42)49)22-52(34,35)21-30)54-39-9-8-36-28-11-24-10-25(12-28)14-29(13-24)43(36)48(39)46(37)50(47)54/h8-9,15-16,19,24-25,28-31,34-35H,4-7,10-14,17-18,20-22H2,1-3H3. The number of hydrogen-bond acceptors (Lipinski definition) is 1. The van der Waals surface area contributed by atoms with Crippen LogP contribution in [0.3, 0.4) is 0 Å². The summed E-state index contributed by atoms with van der Waals surface area (Å²) in [5, 5.41) is 17.6. The second-order valence-electron chi connectivity index (χ2n) is 21.8. The van der Waals surface area contributed by atoms with E-state index in [1.54, 1.807) is 77.1 Å². The van der Waals surface area contributed by atoms with E-state index >= 15 is 0 Å². The Morgan fingerprint density at radius 3 is 1.94 bits per heavy atom. The summed E-state index contributed by atoms with van der Waals surface area (Å²) in [6, 6.07) is 15.8. The van der Waals surface area contributed by atoms with Crippen molar-refractivity contribution in [2.75, 3.05) is 0 Å². The molecule has 6 aromatic rings. The number of hydrogen-bond donors (Lipinski definition) is 0. The minimum absolute atomic E-state index is 0.154. The van der Waals surface area contributed by atoms with E-state index in [-0.39, 0.29) is 5.41 Å². The highest BCUT2D eigenvalue weighted by Gasteiger charge is 2.66. The van der Waals surface area contributed by atoms with Gasteiger partial charge in [-0.2, -0.15) is 5.26 Å². The van der Waals surface area contributed by atoms with E-state index in [9.17, 15) is 5.26 Å². The maximum atomic E-state index is 11.1. The third kappa shape index (κ3) is 3.13. The lowest BCUT2D eigenvalue weighted by molar-refractivity contribution is 0.00322. The Bertz CT molecular complexity index is 2820. The number of aryl methyl sites for hydroxylation is 4. The largest absolute Gasteiger partial charge is 0.308 e. The van der Waals surface area contributed by atoms with Gasteiger partial charge in [0.2, 0.25) is 0 Å². The van der Waals surface area contributed by atoms with Crippen molar-refractivity contribution < 1.29 is 0 Å². The van der Waals surface area contributed by atoms with Crippen LogP contribution in [0.5, 0.6) is 0 Å². The van der Waals surface area contributed by atoms with Gasteiger partial charge in [0.1, 0.15) is 0 Å². The molecule has 1 spiro atoms. The number of nitriles is 1. The summed E-state index contributed by atoms with van der Waals surface area (Å²) >= 11 is 0. The fourth-order valence-corrected chi connectivity index (χ4v) is 17.1. The van der Waals surface area contributed by atoms with Crippen molar-refractivity contribution in [1.82, 2.24) is 4.40 Å². The molecule has 4 aromatic carbocycles. The predicted octanol–water partition coefficient (Wildman–Crippen LogP) is 12.7. The van der Waals surface area contributed by atoms with Crippen molar-refractivity contribution in [2.24, 2.45) is 29.1 Å². The molecule has 10 aliphatic rings. The SMILES string of the molecule is CC(C)(C)c1cc2c3c(c1)CCc1c-3c(c3c4c5c(ccc4n4c6cc(C#N)c7c(c6c1c34)C1CC3CC4CC7CC43C1)C1CC3CC(C1)CC5C3)CC2. The van der Waals surface area contributed by atoms with Crippen LogP contribution in [0.15, 0.2) is 30.3 Å². The van der Waals surface area contributed by atoms with Crippen LogP contribution in [0.25, 0.3) is 49.2 Å². The van der Waals surface area contributed by atoms with Gasteiger partial charge in [-0.05, 0) is 221 Å². The van der Waals surface area contributed by atoms with Crippen LogP contribution in [-0.4, -0.2) is 4.40 Å². The minimum Gasteiger partial charge on any atom is -0.308 e. The summed E-state index contributed by atoms with van der Waals surface area (Å²) in [5.41, 5.74) is 24.2. The normalized spacial score (nSPS) is 34.3. The summed E-state index contributed by atoms with van der Waals surface area (Å²) in [4.78, 5) is 0. The Hall–Kier alpha value is -3.83. The second-order valence-corrected chi connectivity index (χ2v) is 21.8. The fraction of sp³-hybridized carbons (Fsp3) is 0.519. The van der Waals surface area contributed by atoms with Crippen LogP contribution in [0.4, 0.5) is 0 Å². The quantitative estimate of drug-likeness (QED) is 0.155. The molecule has 0 amide bonds. The van der Waals surface area contributed by atoms with Gasteiger partial charge in [0.05, 0.1) is 28.2 Å². The summed E-state index contributed by atoms with van der Waals surface area (Å²) in [6.07, 6.45) is 18.6. The van der Waals surface area contributed by atoms with E-state index < -0.39 is 0 Å². The van der Waals surface area contributed by atoms with Crippen molar-refractivity contribution in [3.05, 3.63) is 86.0 Å². The molecule has 0 saturated heterocycles. The zero-order valence-corrected chi connectivity index (χ0v) is 32.3. The first-order valence-electron chi connectivity index (χ1n) is 22.2. The fourth-order valence-electron chi connectivity index (χ4n) is 17.1. The maximum Gasteiger partial charge on any atom is 0.0995 e. The highest BCUT2D eigenvalue weighted by atomic mass is 14.9. The van der Waals surface area contributed by atoms with Crippen LogP contribution in [-0.2, 0) is 31.1 Å². The molecule has 7 atom stereocenters. The van der Waals surface area contributed by atoms with Crippen LogP contribution in [0, 0.1) is 40.4 Å². The van der Waals surface area contributed by atoms with Gasteiger partial charge in [-0.1, -0.05) is 39.0 Å². The van der Waals surface area contributed by atoms with Crippen molar-refractivity contribution >= 4 is 38.1 Å². The molecule has 5 saturated carbocycles. The molecule has 2 heterocycles. The highest BCUT2D eigenvalue weighted by molar-refractivity contribution is 6.29. The third-order valence-corrected chi connectivity index (χ3v) is 18.7. The van der Waals surface area contributed by atoms with Gasteiger partial charge >= 0.3 is 0 Å². The average molecular weight is 703 g/mol. The first-order chi connectivity index (χ1) is 26.3. The van der Waals surface area contributed by atoms with Crippen LogP contribution in [0.2, 0.25) is 0 Å². The molecule has 10 aliphatic carbocycles. The second kappa shape index (κ2) is 9.07. The van der Waals surface area contributed by atoms with E-state index in [0.29, 0.717) is 23.2 Å². The Labute approximate surface area is 318 Å². The Morgan fingerprint density at radius 1 is 0.630 bits per heavy atom. The number of fused-ring (bicyclic) bond motifs is 14. The lowest BCUT2D eigenvalue weighted by atomic mass is 9.56. The smallest absolute Gasteiger partial charge is 0.0995 e. The average Bonchev–Trinajstić information content (AvgIpc) is 3.80. The molecule has 2 heteroatoms. The van der Waals surface area contributed by atoms with E-state index in [4.69, 9.17) is 0 Å². The molecule has 0 radical (unpaired) electrons. The molecule has 7 unspecified atom stereocenters. The molecule has 268 valence electrons. The van der Waals surface area contributed by atoms with E-state index in [0.717, 1.165) is 60.8 Å². The maximum absolute atomic E-state index is 11.1. The van der Waals surface area contributed by atoms with Gasteiger partial charge in [-0.3, -0.25) is 0 Å². The van der Waals surface area contributed by atoms with Gasteiger partial charge < -0.3 is 4.40 Å². The number of nitrogens with zero attached hydrogens (tertiary/aromatic N) is 2. The first-order valence-corrected chi connectivity index (χ1v) is 22.2. The van der Waals surface area contributed by atoms with E-state index in [2.05, 4.69) is 61.6 Å². The highest BCUT2D eigenvalue weighted by Crippen LogP contribution is 2.77. The van der Waals surface area contributed by atoms with Crippen LogP contribution < -0.4 is 0 Å². The lowest BCUT2D eigenvalue weighted by Crippen LogP contribution is -2.41. The molecule has 54 heavy (non-hydrogen) atoms. The zero-order chi connectivity index (χ0) is 35.3. The molecule has 0 aliphatic heterocycles. The Morgan fingerprint density at radius 2 is 1.28 bits per heavy atom. The number of aromatic nitrogens is 1. The third-order valence-electron chi connectivity index (χ3n) is 18.7. The Kier molecular flexibility index (Phi) is 4.95. The predicted molar refractivity (Wildman–Crippen MR) is 218 cm³/mol. The molecular weight excluding hydrogens is 653 g/mol. The van der Waals surface area contributed by atoms with Crippen molar-refractivity contribution in [3.8, 4) is 17.2 Å². The summed E-state index contributed by atoms with van der Waals surface area (Å²) in [5.74, 6) is 6.28. The summed E-state index contributed by atoms with van der Waals surface area (Å²) in [6.45, 7) is 7.21. The van der Waals surface area contributed by atoms with Gasteiger partial charge in [0.15, 0.2) is 0 Å². The molecule has 16 rings (SSSR count). The van der Waals surface area contributed by atoms with Gasteiger partial charge in [0, 0.05) is 21.5 Å². The molecule has 7 bridgehead atoms. The van der Waals surface area contributed by atoms with E-state index in [1.165, 1.54) is 86.4 Å². The van der Waals surface area contributed by atoms with Crippen LogP contribution >= 0.6 is 0 Å². The molecular formula is C52H50N2. The molecule has 2 nitrogen and oxygen atoms in total. The molecule has 2 aromatic heterocycles. The van der Waals surface area contributed by atoms with Crippen molar-refractivity contribution in [2.45, 2.75) is 140 Å². The topological polar surface area (TPSA) is 28.2 Å². The zero-order valence-electron chi connectivity index (χ0n) is 32.3. The van der Waals surface area contributed by atoms with E-state index in [1.807, 2.05) is 0 Å². The lowest BCUT2D eigenvalue weighted by Gasteiger charge is -2.48. The first kappa shape index (κ1) is 29.5. The van der Waals surface area contributed by atoms with Gasteiger partial charge in [0.25, 0.3) is 0 Å². The number of benzene rings is 4. The van der Waals surface area contributed by atoms with Crippen molar-refractivity contribution in [1.29, 1.82) is 5.26 Å². The molecule has 5 fully saturated rings. The number of rotatable bonds is 0. The van der Waals surface area contributed by atoms with Gasteiger partial charge in [-0.15, -0.1) is 0 Å². The van der Waals surface area contributed by atoms with Crippen molar-refractivity contribution in [3.63, 3.8) is 0 Å². The molecule has 0 N–H and O–H groups in total. The summed E-state index contributed by atoms with van der Waals surface area (Å²) < 4.78 is 2.78.